The van der Waals surface area contributed by atoms with E-state index in [1.54, 1.807) is 13.1 Å². The quantitative estimate of drug-likeness (QED) is 0.687. The maximum absolute atomic E-state index is 13.3. The van der Waals surface area contributed by atoms with Gasteiger partial charge < -0.3 is 4.98 Å². The second kappa shape index (κ2) is 7.39. The minimum absolute atomic E-state index is 0.0622. The summed E-state index contributed by atoms with van der Waals surface area (Å²) in [6, 6.07) is 12.8. The summed E-state index contributed by atoms with van der Waals surface area (Å²) >= 11 is 0. The van der Waals surface area contributed by atoms with E-state index in [1.165, 1.54) is 12.1 Å². The van der Waals surface area contributed by atoms with Crippen molar-refractivity contribution in [2.45, 2.75) is 31.2 Å². The summed E-state index contributed by atoms with van der Waals surface area (Å²) < 4.78 is 41.3. The Kier molecular flexibility index (Phi) is 5.20. The number of hydrogen-bond acceptors (Lipinski definition) is 3. The Hall–Kier alpha value is -2.51. The van der Waals surface area contributed by atoms with E-state index in [1.807, 2.05) is 37.3 Å². The number of rotatable bonds is 6. The molecule has 26 heavy (non-hydrogen) atoms. The number of H-pyrrole nitrogens is 1. The van der Waals surface area contributed by atoms with Crippen molar-refractivity contribution in [3.05, 3.63) is 71.9 Å². The smallest absolute Gasteiger partial charge is 0.241 e. The van der Waals surface area contributed by atoms with Crippen molar-refractivity contribution in [3.63, 3.8) is 0 Å². The van der Waals surface area contributed by atoms with E-state index in [4.69, 9.17) is 0 Å². The lowest BCUT2D eigenvalue weighted by molar-refractivity contribution is 0.538. The normalized spacial score (nSPS) is 12.9. The number of halogens is 1. The van der Waals surface area contributed by atoms with Crippen LogP contribution < -0.4 is 4.72 Å². The van der Waals surface area contributed by atoms with Crippen molar-refractivity contribution >= 4 is 10.0 Å². The number of aromatic nitrogens is 2. The molecule has 0 amide bonds. The molecule has 1 unspecified atom stereocenters. The van der Waals surface area contributed by atoms with Gasteiger partial charge >= 0.3 is 0 Å². The summed E-state index contributed by atoms with van der Waals surface area (Å²) in [5.74, 6) is 0.0710. The summed E-state index contributed by atoms with van der Waals surface area (Å²) in [6.45, 7) is 3.44. The van der Waals surface area contributed by atoms with Crippen molar-refractivity contribution in [3.8, 4) is 11.3 Å². The van der Waals surface area contributed by atoms with Crippen LogP contribution in [-0.4, -0.2) is 18.4 Å². The highest BCUT2D eigenvalue weighted by Crippen LogP contribution is 2.23. The number of imidazole rings is 1. The van der Waals surface area contributed by atoms with Gasteiger partial charge in [-0.1, -0.05) is 37.3 Å². The van der Waals surface area contributed by atoms with Crippen LogP contribution in [0.2, 0.25) is 0 Å². The van der Waals surface area contributed by atoms with Crippen molar-refractivity contribution in [2.75, 3.05) is 0 Å². The molecule has 1 heterocycles. The zero-order valence-corrected chi connectivity index (χ0v) is 15.3. The summed E-state index contributed by atoms with van der Waals surface area (Å²) in [5.41, 5.74) is 2.14. The van der Waals surface area contributed by atoms with Gasteiger partial charge in [0.2, 0.25) is 10.0 Å². The van der Waals surface area contributed by atoms with Gasteiger partial charge in [-0.15, -0.1) is 0 Å². The average Bonchev–Trinajstić information content (AvgIpc) is 3.10. The Labute approximate surface area is 152 Å². The lowest BCUT2D eigenvalue weighted by atomic mass is 10.2. The number of nitrogens with zero attached hydrogens (tertiary/aromatic N) is 1. The molecule has 0 fully saturated rings. The van der Waals surface area contributed by atoms with Gasteiger partial charge in [0.05, 0.1) is 22.8 Å². The van der Waals surface area contributed by atoms with Crippen molar-refractivity contribution in [2.24, 2.45) is 0 Å². The van der Waals surface area contributed by atoms with Crippen LogP contribution >= 0.6 is 0 Å². The maximum atomic E-state index is 13.3. The number of hydrogen-bond donors (Lipinski definition) is 2. The predicted octanol–water partition coefficient (Wildman–Crippen LogP) is 3.95. The molecule has 0 bridgehead atoms. The Balaban J connectivity index is 1.87. The number of aromatic amines is 1. The molecule has 3 rings (SSSR count). The third kappa shape index (κ3) is 3.84. The first kappa shape index (κ1) is 18.3. The molecular formula is C19H20FN3O2S. The molecule has 0 saturated heterocycles. The zero-order chi connectivity index (χ0) is 18.7. The molecule has 1 atom stereocenters. The molecule has 0 radical (unpaired) electrons. The molecule has 2 N–H and O–H groups in total. The lowest BCUT2D eigenvalue weighted by Gasteiger charge is -2.16. The standard InChI is InChI=1S/C19H20FN3O2S/c1-3-16(19-21-12-17(22-19)14-7-5-4-6-8-14)23-26(24,25)18-10-9-15(20)11-13(18)2/h4-12,16,23H,3H2,1-2H3,(H,21,22). The van der Waals surface area contributed by atoms with E-state index >= 15 is 0 Å². The van der Waals surface area contributed by atoms with Crippen LogP contribution in [0.15, 0.2) is 59.6 Å². The van der Waals surface area contributed by atoms with Crippen molar-refractivity contribution < 1.29 is 12.8 Å². The molecule has 3 aromatic rings. The van der Waals surface area contributed by atoms with Gasteiger partial charge in [0, 0.05) is 0 Å². The Morgan fingerprint density at radius 1 is 1.19 bits per heavy atom. The fraction of sp³-hybridized carbons (Fsp3) is 0.211. The van der Waals surface area contributed by atoms with E-state index < -0.39 is 21.9 Å². The molecule has 0 saturated carbocycles. The van der Waals surface area contributed by atoms with Crippen LogP contribution in [0, 0.1) is 12.7 Å². The summed E-state index contributed by atoms with van der Waals surface area (Å²) in [7, 11) is -3.80. The molecule has 1 aromatic heterocycles. The van der Waals surface area contributed by atoms with Crippen LogP contribution in [0.1, 0.15) is 30.8 Å². The van der Waals surface area contributed by atoms with E-state index in [2.05, 4.69) is 14.7 Å². The third-order valence-electron chi connectivity index (χ3n) is 4.14. The molecular weight excluding hydrogens is 353 g/mol. The van der Waals surface area contributed by atoms with Crippen LogP contribution in [-0.2, 0) is 10.0 Å². The summed E-state index contributed by atoms with van der Waals surface area (Å²) in [5, 5.41) is 0. The second-order valence-corrected chi connectivity index (χ2v) is 7.72. The Bertz CT molecular complexity index is 1000. The van der Waals surface area contributed by atoms with Gasteiger partial charge in [-0.05, 0) is 42.7 Å². The first-order valence-electron chi connectivity index (χ1n) is 8.29. The molecule has 0 aliphatic carbocycles. The van der Waals surface area contributed by atoms with Gasteiger partial charge in [-0.2, -0.15) is 0 Å². The van der Waals surface area contributed by atoms with Gasteiger partial charge in [-0.3, -0.25) is 0 Å². The lowest BCUT2D eigenvalue weighted by Crippen LogP contribution is -2.29. The van der Waals surface area contributed by atoms with Crippen LogP contribution in [0.4, 0.5) is 4.39 Å². The van der Waals surface area contributed by atoms with Gasteiger partial charge in [0.15, 0.2) is 0 Å². The first-order chi connectivity index (χ1) is 12.4. The summed E-state index contributed by atoms with van der Waals surface area (Å²) in [6.07, 6.45) is 2.20. The van der Waals surface area contributed by atoms with Crippen molar-refractivity contribution in [1.82, 2.24) is 14.7 Å². The maximum Gasteiger partial charge on any atom is 0.241 e. The van der Waals surface area contributed by atoms with Gasteiger partial charge in [0.1, 0.15) is 11.6 Å². The molecule has 2 aromatic carbocycles. The highest BCUT2D eigenvalue weighted by Gasteiger charge is 2.24. The third-order valence-corrected chi connectivity index (χ3v) is 5.77. The minimum Gasteiger partial charge on any atom is -0.341 e. The molecule has 5 nitrogen and oxygen atoms in total. The number of sulfonamides is 1. The average molecular weight is 373 g/mol. The fourth-order valence-corrected chi connectivity index (χ4v) is 4.29. The number of nitrogens with one attached hydrogen (secondary N) is 2. The molecule has 0 aliphatic rings. The highest BCUT2D eigenvalue weighted by atomic mass is 32.2. The molecule has 7 heteroatoms. The largest absolute Gasteiger partial charge is 0.341 e. The van der Waals surface area contributed by atoms with E-state index in [-0.39, 0.29) is 4.90 Å². The Morgan fingerprint density at radius 2 is 1.92 bits per heavy atom. The number of aryl methyl sites for hydroxylation is 1. The van der Waals surface area contributed by atoms with Gasteiger partial charge in [-0.25, -0.2) is 22.5 Å². The first-order valence-corrected chi connectivity index (χ1v) is 9.78. The zero-order valence-electron chi connectivity index (χ0n) is 14.5. The summed E-state index contributed by atoms with van der Waals surface area (Å²) in [4.78, 5) is 7.58. The van der Waals surface area contributed by atoms with Gasteiger partial charge in [0.25, 0.3) is 0 Å². The second-order valence-electron chi connectivity index (χ2n) is 6.04. The predicted molar refractivity (Wildman–Crippen MR) is 98.5 cm³/mol. The SMILES string of the molecule is CCC(NS(=O)(=O)c1ccc(F)cc1C)c1ncc(-c2ccccc2)[nH]1. The highest BCUT2D eigenvalue weighted by molar-refractivity contribution is 7.89. The van der Waals surface area contributed by atoms with Crippen molar-refractivity contribution in [1.29, 1.82) is 0 Å². The topological polar surface area (TPSA) is 74.8 Å². The minimum atomic E-state index is -3.80. The van der Waals surface area contributed by atoms with Crippen LogP contribution in [0.3, 0.4) is 0 Å². The van der Waals surface area contributed by atoms with E-state index in [9.17, 15) is 12.8 Å². The van der Waals surface area contributed by atoms with Crippen LogP contribution in [0.25, 0.3) is 11.3 Å². The Morgan fingerprint density at radius 3 is 2.58 bits per heavy atom. The number of benzene rings is 2. The monoisotopic (exact) mass is 373 g/mol. The fourth-order valence-electron chi connectivity index (χ4n) is 2.78. The molecule has 136 valence electrons. The van der Waals surface area contributed by atoms with Crippen LogP contribution in [0.5, 0.6) is 0 Å². The molecule has 0 spiro atoms. The van der Waals surface area contributed by atoms with E-state index in [0.29, 0.717) is 17.8 Å². The molecule has 0 aliphatic heterocycles. The van der Waals surface area contributed by atoms with E-state index in [0.717, 1.165) is 17.3 Å².